The second-order valence-electron chi connectivity index (χ2n) is 7.62. The van der Waals surface area contributed by atoms with Crippen LogP contribution in [0.15, 0.2) is 6.20 Å². The van der Waals surface area contributed by atoms with Crippen molar-refractivity contribution in [1.82, 2.24) is 14.7 Å². The number of rotatable bonds is 7. The van der Waals surface area contributed by atoms with Gasteiger partial charge in [0.25, 0.3) is 0 Å². The third-order valence-corrected chi connectivity index (χ3v) is 3.85. The fourth-order valence-corrected chi connectivity index (χ4v) is 3.17. The Balaban J connectivity index is 2.73. The van der Waals surface area contributed by atoms with Crippen molar-refractivity contribution < 1.29 is 0 Å². The van der Waals surface area contributed by atoms with Crippen molar-refractivity contribution in [1.29, 1.82) is 0 Å². The van der Waals surface area contributed by atoms with Crippen LogP contribution in [0.4, 0.5) is 0 Å². The van der Waals surface area contributed by atoms with E-state index in [1.165, 1.54) is 0 Å². The SMILES string of the molecule is CC(CC(N)c1c(Cl)cnn1CCN(C)C)CC(C)(C)C. The highest BCUT2D eigenvalue weighted by Crippen LogP contribution is 2.31. The maximum Gasteiger partial charge on any atom is 0.0834 e. The fourth-order valence-electron chi connectivity index (χ4n) is 2.89. The van der Waals surface area contributed by atoms with Gasteiger partial charge in [-0.1, -0.05) is 39.3 Å². The summed E-state index contributed by atoms with van der Waals surface area (Å²) in [5.74, 6) is 0.563. The Morgan fingerprint density at radius 1 is 1.38 bits per heavy atom. The number of halogens is 1. The predicted molar refractivity (Wildman–Crippen MR) is 90.6 cm³/mol. The summed E-state index contributed by atoms with van der Waals surface area (Å²) >= 11 is 6.29. The Morgan fingerprint density at radius 3 is 2.52 bits per heavy atom. The number of hydrogen-bond acceptors (Lipinski definition) is 3. The van der Waals surface area contributed by atoms with Crippen LogP contribution in [0.25, 0.3) is 0 Å². The average molecular weight is 315 g/mol. The molecule has 0 bridgehead atoms. The van der Waals surface area contributed by atoms with Gasteiger partial charge in [-0.2, -0.15) is 5.10 Å². The van der Waals surface area contributed by atoms with Crippen LogP contribution in [0.5, 0.6) is 0 Å². The van der Waals surface area contributed by atoms with Crippen molar-refractivity contribution >= 4 is 11.6 Å². The van der Waals surface area contributed by atoms with Crippen LogP contribution in [0.2, 0.25) is 5.02 Å². The van der Waals surface area contributed by atoms with E-state index < -0.39 is 0 Å². The smallest absolute Gasteiger partial charge is 0.0834 e. The van der Waals surface area contributed by atoms with Gasteiger partial charge < -0.3 is 10.6 Å². The first-order chi connectivity index (χ1) is 9.60. The molecule has 2 N–H and O–H groups in total. The molecule has 4 nitrogen and oxygen atoms in total. The number of nitrogens with two attached hydrogens (primary N) is 1. The lowest BCUT2D eigenvalue weighted by Gasteiger charge is -2.25. The van der Waals surface area contributed by atoms with E-state index in [9.17, 15) is 0 Å². The molecule has 0 fully saturated rings. The molecule has 0 aliphatic carbocycles. The Labute approximate surface area is 134 Å². The van der Waals surface area contributed by atoms with E-state index in [1.807, 2.05) is 4.68 Å². The van der Waals surface area contributed by atoms with Crippen molar-refractivity contribution in [3.8, 4) is 0 Å². The lowest BCUT2D eigenvalue weighted by atomic mass is 9.82. The Bertz CT molecular complexity index is 434. The third kappa shape index (κ3) is 6.37. The molecule has 1 rings (SSSR count). The van der Waals surface area contributed by atoms with Gasteiger partial charge in [0.05, 0.1) is 23.5 Å². The molecule has 0 spiro atoms. The topological polar surface area (TPSA) is 47.1 Å². The van der Waals surface area contributed by atoms with Crippen molar-refractivity contribution in [2.75, 3.05) is 20.6 Å². The summed E-state index contributed by atoms with van der Waals surface area (Å²) in [6.45, 7) is 10.8. The van der Waals surface area contributed by atoms with E-state index in [0.29, 0.717) is 16.4 Å². The highest BCUT2D eigenvalue weighted by molar-refractivity contribution is 6.31. The molecule has 0 saturated carbocycles. The molecular formula is C16H31ClN4. The first-order valence-electron chi connectivity index (χ1n) is 7.71. The van der Waals surface area contributed by atoms with Crippen LogP contribution >= 0.6 is 11.6 Å². The highest BCUT2D eigenvalue weighted by atomic mass is 35.5. The standard InChI is InChI=1S/C16H31ClN4/c1-12(10-16(2,3)4)9-14(18)15-13(17)11-19-21(15)8-7-20(5)6/h11-12,14H,7-10,18H2,1-6H3. The molecule has 0 aliphatic rings. The van der Waals surface area contributed by atoms with E-state index in [2.05, 4.69) is 51.8 Å². The Kier molecular flexibility index (Phi) is 6.70. The zero-order chi connectivity index (χ0) is 16.2. The van der Waals surface area contributed by atoms with Gasteiger partial charge in [0.1, 0.15) is 0 Å². The lowest BCUT2D eigenvalue weighted by molar-refractivity contribution is 0.282. The molecule has 1 aromatic rings. The first-order valence-corrected chi connectivity index (χ1v) is 8.09. The second-order valence-corrected chi connectivity index (χ2v) is 8.02. The maximum atomic E-state index is 6.41. The van der Waals surface area contributed by atoms with E-state index in [-0.39, 0.29) is 6.04 Å². The molecular weight excluding hydrogens is 284 g/mol. The van der Waals surface area contributed by atoms with Gasteiger partial charge in [-0.15, -0.1) is 0 Å². The van der Waals surface area contributed by atoms with Gasteiger partial charge in [0, 0.05) is 12.6 Å². The maximum absolute atomic E-state index is 6.41. The quantitative estimate of drug-likeness (QED) is 0.837. The minimum absolute atomic E-state index is 0.0560. The van der Waals surface area contributed by atoms with Gasteiger partial charge >= 0.3 is 0 Å². The number of hydrogen-bond donors (Lipinski definition) is 1. The molecule has 5 heteroatoms. The second kappa shape index (κ2) is 7.61. The fraction of sp³-hybridized carbons (Fsp3) is 0.812. The van der Waals surface area contributed by atoms with E-state index in [4.69, 9.17) is 17.3 Å². The minimum Gasteiger partial charge on any atom is -0.323 e. The summed E-state index contributed by atoms with van der Waals surface area (Å²) < 4.78 is 1.96. The molecule has 0 aromatic carbocycles. The van der Waals surface area contributed by atoms with Crippen LogP contribution < -0.4 is 5.73 Å². The number of aromatic nitrogens is 2. The van der Waals surface area contributed by atoms with Crippen LogP contribution in [-0.2, 0) is 6.54 Å². The lowest BCUT2D eigenvalue weighted by Crippen LogP contribution is -2.24. The predicted octanol–water partition coefficient (Wildman–Crippen LogP) is 3.56. The van der Waals surface area contributed by atoms with Gasteiger partial charge in [0.15, 0.2) is 0 Å². The minimum atomic E-state index is -0.0560. The van der Waals surface area contributed by atoms with Crippen LogP contribution in [0, 0.1) is 11.3 Å². The zero-order valence-electron chi connectivity index (χ0n) is 14.4. The summed E-state index contributed by atoms with van der Waals surface area (Å²) in [6.07, 6.45) is 3.80. The normalized spacial score (nSPS) is 15.5. The first kappa shape index (κ1) is 18.5. The largest absolute Gasteiger partial charge is 0.323 e. The number of likely N-dealkylation sites (N-methyl/N-ethyl adjacent to an activating group) is 1. The van der Waals surface area contributed by atoms with Crippen molar-refractivity contribution in [3.05, 3.63) is 16.9 Å². The van der Waals surface area contributed by atoms with Crippen molar-refractivity contribution in [2.45, 2.75) is 53.1 Å². The van der Waals surface area contributed by atoms with E-state index >= 15 is 0 Å². The molecule has 0 radical (unpaired) electrons. The molecule has 1 aromatic heterocycles. The van der Waals surface area contributed by atoms with Crippen molar-refractivity contribution in [2.24, 2.45) is 17.1 Å². The summed E-state index contributed by atoms with van der Waals surface area (Å²) in [5, 5.41) is 5.05. The molecule has 0 amide bonds. The van der Waals surface area contributed by atoms with E-state index in [0.717, 1.165) is 31.6 Å². The van der Waals surface area contributed by atoms with Crippen LogP contribution in [0.1, 0.15) is 52.3 Å². The number of nitrogens with zero attached hydrogens (tertiary/aromatic N) is 3. The molecule has 21 heavy (non-hydrogen) atoms. The molecule has 0 aliphatic heterocycles. The monoisotopic (exact) mass is 314 g/mol. The van der Waals surface area contributed by atoms with Gasteiger partial charge in [0.2, 0.25) is 0 Å². The third-order valence-electron chi connectivity index (χ3n) is 3.56. The summed E-state index contributed by atoms with van der Waals surface area (Å²) in [5.41, 5.74) is 7.71. The Morgan fingerprint density at radius 2 is 2.00 bits per heavy atom. The summed E-state index contributed by atoms with van der Waals surface area (Å²) in [6, 6.07) is -0.0560. The highest BCUT2D eigenvalue weighted by Gasteiger charge is 2.22. The molecule has 0 saturated heterocycles. The van der Waals surface area contributed by atoms with Gasteiger partial charge in [-0.05, 0) is 38.3 Å². The van der Waals surface area contributed by atoms with E-state index in [1.54, 1.807) is 6.20 Å². The zero-order valence-corrected chi connectivity index (χ0v) is 15.1. The molecule has 2 unspecified atom stereocenters. The summed E-state index contributed by atoms with van der Waals surface area (Å²) in [7, 11) is 4.10. The van der Waals surface area contributed by atoms with Crippen LogP contribution in [-0.4, -0.2) is 35.3 Å². The van der Waals surface area contributed by atoms with Crippen molar-refractivity contribution in [3.63, 3.8) is 0 Å². The van der Waals surface area contributed by atoms with Crippen LogP contribution in [0.3, 0.4) is 0 Å². The van der Waals surface area contributed by atoms with Gasteiger partial charge in [-0.25, -0.2) is 0 Å². The Hall–Kier alpha value is -0.580. The summed E-state index contributed by atoms with van der Waals surface area (Å²) in [4.78, 5) is 2.13. The van der Waals surface area contributed by atoms with Gasteiger partial charge in [-0.3, -0.25) is 4.68 Å². The molecule has 122 valence electrons. The molecule has 1 heterocycles. The molecule has 2 atom stereocenters. The average Bonchev–Trinajstić information content (AvgIpc) is 2.65.